The maximum atomic E-state index is 14.3. The van der Waals surface area contributed by atoms with E-state index in [4.69, 9.17) is 21.3 Å². The van der Waals surface area contributed by atoms with Crippen LogP contribution in [-0.2, 0) is 4.79 Å². The third kappa shape index (κ3) is 5.42. The molecule has 2 aromatic carbocycles. The fraction of sp³-hybridized carbons (Fsp3) is 0.276. The minimum absolute atomic E-state index is 0.0593. The number of nitrogens with one attached hydrogen (secondary N) is 1. The zero-order chi connectivity index (χ0) is 27.5. The number of hydrogen-bond acceptors (Lipinski definition) is 6. The zero-order valence-electron chi connectivity index (χ0n) is 21.5. The van der Waals surface area contributed by atoms with Crippen molar-refractivity contribution in [1.82, 2.24) is 20.1 Å². The van der Waals surface area contributed by atoms with Crippen LogP contribution in [0.3, 0.4) is 0 Å². The third-order valence-electron chi connectivity index (χ3n) is 6.53. The summed E-state index contributed by atoms with van der Waals surface area (Å²) < 4.78 is 6.11. The number of amides is 3. The maximum absolute atomic E-state index is 14.3. The lowest BCUT2D eigenvalue weighted by Crippen LogP contribution is -2.55. The predicted molar refractivity (Wildman–Crippen MR) is 146 cm³/mol. The standard InChI is InChI=1S/C29H27ClN6O3/c1-18(2)39-24-14-19(15-31)5-10-23(24)28-34-26(21-4-3-11-32-16-21)27(20-6-8-22(30)9-7-20)36(28)29(38)35-13-12-33-25(37)17-35/h3-11,14,16,18,26-27H,12-13,17H2,1-2H3,(H,33,37)/t26-,27+/m0/s1. The summed E-state index contributed by atoms with van der Waals surface area (Å²) in [6, 6.07) is 16.9. The summed E-state index contributed by atoms with van der Waals surface area (Å²) in [5, 5.41) is 12.9. The molecular formula is C29H27ClN6O3. The monoisotopic (exact) mass is 542 g/mol. The van der Waals surface area contributed by atoms with E-state index in [1.165, 1.54) is 4.90 Å². The number of ether oxygens (including phenoxy) is 1. The van der Waals surface area contributed by atoms with Gasteiger partial charge in [0.2, 0.25) is 5.91 Å². The Morgan fingerprint density at radius 2 is 1.97 bits per heavy atom. The van der Waals surface area contributed by atoms with Crippen molar-refractivity contribution < 1.29 is 14.3 Å². The second-order valence-electron chi connectivity index (χ2n) is 9.59. The van der Waals surface area contributed by atoms with Crippen LogP contribution in [0.25, 0.3) is 0 Å². The molecule has 0 aliphatic carbocycles. The second kappa shape index (κ2) is 11.1. The van der Waals surface area contributed by atoms with Crippen LogP contribution in [0.2, 0.25) is 5.02 Å². The normalized spacial score (nSPS) is 18.9. The highest BCUT2D eigenvalue weighted by atomic mass is 35.5. The molecule has 2 aliphatic heterocycles. The van der Waals surface area contributed by atoms with E-state index in [9.17, 15) is 14.9 Å². The number of hydrogen-bond donors (Lipinski definition) is 1. The number of carbonyl (C=O) groups excluding carboxylic acids is 2. The Hall–Kier alpha value is -4.42. The summed E-state index contributed by atoms with van der Waals surface area (Å²) >= 11 is 6.22. The lowest BCUT2D eigenvalue weighted by Gasteiger charge is -2.35. The molecule has 0 radical (unpaired) electrons. The number of urea groups is 1. The van der Waals surface area contributed by atoms with Crippen molar-refractivity contribution >= 4 is 29.4 Å². The van der Waals surface area contributed by atoms with Gasteiger partial charge in [0.25, 0.3) is 0 Å². The lowest BCUT2D eigenvalue weighted by molar-refractivity contribution is -0.123. The first-order chi connectivity index (χ1) is 18.9. The number of aliphatic imine (C=N–C) groups is 1. The van der Waals surface area contributed by atoms with Crippen molar-refractivity contribution in [3.63, 3.8) is 0 Å². The van der Waals surface area contributed by atoms with Gasteiger partial charge in [-0.15, -0.1) is 0 Å². The van der Waals surface area contributed by atoms with Crippen molar-refractivity contribution in [2.24, 2.45) is 4.99 Å². The molecule has 0 bridgehead atoms. The molecule has 9 nitrogen and oxygen atoms in total. The smallest absolute Gasteiger partial charge is 0.326 e. The molecule has 0 saturated carbocycles. The van der Waals surface area contributed by atoms with Crippen LogP contribution in [0.4, 0.5) is 4.79 Å². The highest BCUT2D eigenvalue weighted by Gasteiger charge is 2.45. The van der Waals surface area contributed by atoms with Crippen molar-refractivity contribution in [3.8, 4) is 11.8 Å². The minimum Gasteiger partial charge on any atom is -0.490 e. The molecule has 1 aromatic heterocycles. The third-order valence-corrected chi connectivity index (χ3v) is 6.79. The van der Waals surface area contributed by atoms with E-state index >= 15 is 0 Å². The van der Waals surface area contributed by atoms with Crippen LogP contribution >= 0.6 is 11.6 Å². The number of nitrogens with zero attached hydrogens (tertiary/aromatic N) is 5. The van der Waals surface area contributed by atoms with Crippen LogP contribution < -0.4 is 10.1 Å². The van der Waals surface area contributed by atoms with Crippen molar-refractivity contribution in [2.45, 2.75) is 32.0 Å². The molecule has 0 unspecified atom stereocenters. The minimum atomic E-state index is -0.554. The van der Waals surface area contributed by atoms with Crippen LogP contribution in [0.1, 0.15) is 48.2 Å². The summed E-state index contributed by atoms with van der Waals surface area (Å²) in [5.41, 5.74) is 2.64. The maximum Gasteiger partial charge on any atom is 0.326 e. The number of carbonyl (C=O) groups is 2. The highest BCUT2D eigenvalue weighted by molar-refractivity contribution is 6.30. The molecule has 2 atom stereocenters. The summed E-state index contributed by atoms with van der Waals surface area (Å²) in [6.45, 7) is 4.45. The Bertz CT molecular complexity index is 1450. The number of pyridine rings is 1. The largest absolute Gasteiger partial charge is 0.490 e. The van der Waals surface area contributed by atoms with Gasteiger partial charge in [0.15, 0.2) is 0 Å². The van der Waals surface area contributed by atoms with Gasteiger partial charge < -0.3 is 15.0 Å². The number of rotatable bonds is 5. The van der Waals surface area contributed by atoms with Gasteiger partial charge in [-0.2, -0.15) is 5.26 Å². The van der Waals surface area contributed by atoms with Crippen molar-refractivity contribution in [3.05, 3.63) is 94.3 Å². The van der Waals surface area contributed by atoms with E-state index < -0.39 is 12.1 Å². The molecule has 0 spiro atoms. The molecule has 2 aliphatic rings. The summed E-state index contributed by atoms with van der Waals surface area (Å²) in [6.07, 6.45) is 3.24. The fourth-order valence-corrected chi connectivity index (χ4v) is 4.95. The molecule has 10 heteroatoms. The van der Waals surface area contributed by atoms with Gasteiger partial charge in [0, 0.05) is 30.5 Å². The van der Waals surface area contributed by atoms with E-state index in [-0.39, 0.29) is 24.6 Å². The molecule has 1 fully saturated rings. The Balaban J connectivity index is 1.71. The van der Waals surface area contributed by atoms with Crippen LogP contribution in [-0.4, -0.2) is 58.3 Å². The van der Waals surface area contributed by atoms with Gasteiger partial charge in [-0.1, -0.05) is 29.8 Å². The molecule has 1 saturated heterocycles. The van der Waals surface area contributed by atoms with E-state index in [0.29, 0.717) is 40.8 Å². The molecular weight excluding hydrogens is 516 g/mol. The summed E-state index contributed by atoms with van der Waals surface area (Å²) in [4.78, 5) is 39.1. The average Bonchev–Trinajstić information content (AvgIpc) is 3.33. The Morgan fingerprint density at radius 1 is 1.18 bits per heavy atom. The molecule has 5 rings (SSSR count). The van der Waals surface area contributed by atoms with E-state index in [0.717, 1.165) is 11.1 Å². The Morgan fingerprint density at radius 3 is 2.64 bits per heavy atom. The quantitative estimate of drug-likeness (QED) is 0.510. The van der Waals surface area contributed by atoms with Gasteiger partial charge in [-0.3, -0.25) is 19.7 Å². The van der Waals surface area contributed by atoms with Crippen molar-refractivity contribution in [1.29, 1.82) is 5.26 Å². The van der Waals surface area contributed by atoms with Gasteiger partial charge in [-0.05, 0) is 61.4 Å². The van der Waals surface area contributed by atoms with E-state index in [1.807, 2.05) is 38.1 Å². The first kappa shape index (κ1) is 26.2. The SMILES string of the molecule is CC(C)Oc1cc(C#N)ccc1C1=N[C@@H](c2cccnc2)[C@@H](c2ccc(Cl)cc2)N1C(=O)N1CCNC(=O)C1. The molecule has 1 N–H and O–H groups in total. The topological polar surface area (TPSA) is 111 Å². The van der Waals surface area contributed by atoms with Gasteiger partial charge >= 0.3 is 6.03 Å². The molecule has 3 amide bonds. The van der Waals surface area contributed by atoms with Crippen LogP contribution in [0.5, 0.6) is 5.75 Å². The number of benzene rings is 2. The number of halogens is 1. The zero-order valence-corrected chi connectivity index (χ0v) is 22.3. The number of aromatic nitrogens is 1. The van der Waals surface area contributed by atoms with Crippen LogP contribution in [0.15, 0.2) is 72.0 Å². The predicted octanol–water partition coefficient (Wildman–Crippen LogP) is 4.49. The first-order valence-electron chi connectivity index (χ1n) is 12.6. The fourth-order valence-electron chi connectivity index (χ4n) is 4.83. The molecule has 3 heterocycles. The Kier molecular flexibility index (Phi) is 7.48. The number of piperazine rings is 1. The van der Waals surface area contributed by atoms with Crippen LogP contribution in [0, 0.1) is 11.3 Å². The average molecular weight is 543 g/mol. The number of amidine groups is 1. The van der Waals surface area contributed by atoms with E-state index in [2.05, 4.69) is 16.4 Å². The molecule has 198 valence electrons. The summed E-state index contributed by atoms with van der Waals surface area (Å²) in [7, 11) is 0. The highest BCUT2D eigenvalue weighted by Crippen LogP contribution is 2.45. The molecule has 39 heavy (non-hydrogen) atoms. The van der Waals surface area contributed by atoms with Crippen molar-refractivity contribution in [2.75, 3.05) is 19.6 Å². The van der Waals surface area contributed by atoms with Gasteiger partial charge in [0.05, 0.1) is 29.3 Å². The second-order valence-corrected chi connectivity index (χ2v) is 10.0. The lowest BCUT2D eigenvalue weighted by atomic mass is 9.94. The molecule has 3 aromatic rings. The number of nitriles is 1. The van der Waals surface area contributed by atoms with E-state index in [1.54, 1.807) is 47.6 Å². The van der Waals surface area contributed by atoms with Gasteiger partial charge in [0.1, 0.15) is 24.2 Å². The summed E-state index contributed by atoms with van der Waals surface area (Å²) in [5.74, 6) is 0.611. The van der Waals surface area contributed by atoms with Gasteiger partial charge in [-0.25, -0.2) is 4.79 Å². The first-order valence-corrected chi connectivity index (χ1v) is 13.0. The Labute approximate surface area is 231 Å².